The van der Waals surface area contributed by atoms with Gasteiger partial charge in [0.2, 0.25) is 0 Å². The largest absolute Gasteiger partial charge is 0.466 e. The minimum Gasteiger partial charge on any atom is -0.466 e. The zero-order valence-electron chi connectivity index (χ0n) is 22.2. The van der Waals surface area contributed by atoms with Gasteiger partial charge in [0.15, 0.2) is 0 Å². The maximum Gasteiger partial charge on any atom is 0.309 e. The molecule has 3 N–H and O–H groups in total. The van der Waals surface area contributed by atoms with Gasteiger partial charge in [-0.05, 0) is 62.2 Å². The van der Waals surface area contributed by atoms with E-state index in [1.807, 2.05) is 0 Å². The molecule has 1 fully saturated rings. The Labute approximate surface area is 241 Å². The molecule has 2 amide bonds. The number of aromatic nitrogens is 1. The summed E-state index contributed by atoms with van der Waals surface area (Å²) in [5.41, 5.74) is 0.718. The van der Waals surface area contributed by atoms with Gasteiger partial charge in [-0.25, -0.2) is 9.37 Å². The predicted molar refractivity (Wildman–Crippen MR) is 154 cm³/mol. The number of ether oxygens (including phenoxy) is 1. The summed E-state index contributed by atoms with van der Waals surface area (Å²) in [6, 6.07) is 11.3. The van der Waals surface area contributed by atoms with Crippen LogP contribution in [0.4, 0.5) is 15.9 Å². The van der Waals surface area contributed by atoms with Crippen molar-refractivity contribution in [2.45, 2.75) is 19.8 Å². The standard InChI is InChI=1S/C30H27ClFN5O4/c1-3-18-5-10-26(34-17-18)36-29(39)23-16-21(31)7-9-25(23)35-28(38)22-8-6-20(15-24(22)32)27(33)37-13-11-19(12-14-37)30(40)41-4-2/h1,5-10,15-17,19,33H,4,11-14H2,2H3,(H,35,38)(H,34,36,39). The fourth-order valence-electron chi connectivity index (χ4n) is 4.37. The fourth-order valence-corrected chi connectivity index (χ4v) is 4.54. The van der Waals surface area contributed by atoms with Gasteiger partial charge >= 0.3 is 5.97 Å². The summed E-state index contributed by atoms with van der Waals surface area (Å²) in [4.78, 5) is 43.8. The van der Waals surface area contributed by atoms with Gasteiger partial charge in [0.1, 0.15) is 17.5 Å². The highest BCUT2D eigenvalue weighted by Crippen LogP contribution is 2.24. The molecule has 1 aliphatic heterocycles. The van der Waals surface area contributed by atoms with Crippen LogP contribution in [-0.2, 0) is 9.53 Å². The molecule has 11 heteroatoms. The van der Waals surface area contributed by atoms with Gasteiger partial charge in [0, 0.05) is 35.4 Å². The second-order valence-corrected chi connectivity index (χ2v) is 9.67. The van der Waals surface area contributed by atoms with Crippen LogP contribution >= 0.6 is 11.6 Å². The van der Waals surface area contributed by atoms with Crippen LogP contribution in [0.3, 0.4) is 0 Å². The number of nitrogens with one attached hydrogen (secondary N) is 3. The lowest BCUT2D eigenvalue weighted by atomic mass is 9.96. The molecule has 1 saturated heterocycles. The van der Waals surface area contributed by atoms with Gasteiger partial charge < -0.3 is 20.3 Å². The zero-order valence-corrected chi connectivity index (χ0v) is 22.9. The van der Waals surface area contributed by atoms with E-state index in [1.54, 1.807) is 17.9 Å². The number of benzene rings is 2. The molecule has 2 aromatic carbocycles. The van der Waals surface area contributed by atoms with Crippen LogP contribution in [0.1, 0.15) is 51.6 Å². The summed E-state index contributed by atoms with van der Waals surface area (Å²) in [5, 5.41) is 13.9. The average molecular weight is 576 g/mol. The molecule has 0 radical (unpaired) electrons. The van der Waals surface area contributed by atoms with Gasteiger partial charge in [0.05, 0.1) is 29.3 Å². The first kappa shape index (κ1) is 29.2. The van der Waals surface area contributed by atoms with Crippen molar-refractivity contribution in [3.63, 3.8) is 0 Å². The van der Waals surface area contributed by atoms with E-state index < -0.39 is 17.6 Å². The second kappa shape index (κ2) is 13.1. The predicted octanol–water partition coefficient (Wildman–Crippen LogP) is 4.96. The van der Waals surface area contributed by atoms with Crippen LogP contribution in [0.2, 0.25) is 5.02 Å². The van der Waals surface area contributed by atoms with Gasteiger partial charge in [-0.3, -0.25) is 19.8 Å². The number of amides is 2. The van der Waals surface area contributed by atoms with Crippen molar-refractivity contribution in [1.29, 1.82) is 5.41 Å². The van der Waals surface area contributed by atoms with Crippen LogP contribution < -0.4 is 10.6 Å². The second-order valence-electron chi connectivity index (χ2n) is 9.23. The Bertz CT molecular complexity index is 1530. The smallest absolute Gasteiger partial charge is 0.309 e. The van der Waals surface area contributed by atoms with E-state index in [4.69, 9.17) is 28.2 Å². The van der Waals surface area contributed by atoms with E-state index in [0.29, 0.717) is 43.7 Å². The summed E-state index contributed by atoms with van der Waals surface area (Å²) in [7, 11) is 0. The van der Waals surface area contributed by atoms with Crippen LogP contribution in [0.15, 0.2) is 54.7 Å². The summed E-state index contributed by atoms with van der Waals surface area (Å²) in [6.07, 6.45) is 7.82. The topological polar surface area (TPSA) is 124 Å². The van der Waals surface area contributed by atoms with Crippen LogP contribution in [-0.4, -0.2) is 53.2 Å². The molecule has 0 unspecified atom stereocenters. The van der Waals surface area contributed by atoms with E-state index in [2.05, 4.69) is 21.5 Å². The Morgan fingerprint density at radius 3 is 2.46 bits per heavy atom. The molecule has 3 aromatic rings. The monoisotopic (exact) mass is 575 g/mol. The average Bonchev–Trinajstić information content (AvgIpc) is 2.98. The van der Waals surface area contributed by atoms with Crippen molar-refractivity contribution in [1.82, 2.24) is 9.88 Å². The van der Waals surface area contributed by atoms with E-state index in [1.165, 1.54) is 42.6 Å². The number of hydrogen-bond acceptors (Lipinski definition) is 6. The highest BCUT2D eigenvalue weighted by Gasteiger charge is 2.28. The zero-order chi connectivity index (χ0) is 29.5. The summed E-state index contributed by atoms with van der Waals surface area (Å²) in [6.45, 7) is 2.99. The molecule has 0 atom stereocenters. The van der Waals surface area contributed by atoms with E-state index in [9.17, 15) is 14.4 Å². The molecule has 1 aliphatic rings. The molecule has 4 rings (SSSR count). The molecule has 0 saturated carbocycles. The Morgan fingerprint density at radius 2 is 1.83 bits per heavy atom. The van der Waals surface area contributed by atoms with E-state index >= 15 is 4.39 Å². The molecule has 0 bridgehead atoms. The lowest BCUT2D eigenvalue weighted by Gasteiger charge is -2.32. The minimum absolute atomic E-state index is 0.0405. The molecule has 210 valence electrons. The molecular weight excluding hydrogens is 549 g/mol. The third-order valence-corrected chi connectivity index (χ3v) is 6.80. The number of esters is 1. The number of piperidine rings is 1. The number of rotatable bonds is 7. The van der Waals surface area contributed by atoms with E-state index in [0.717, 1.165) is 6.07 Å². The van der Waals surface area contributed by atoms with Gasteiger partial charge in [0.25, 0.3) is 11.8 Å². The summed E-state index contributed by atoms with van der Waals surface area (Å²) in [5.74, 6) is 0.0947. The number of carbonyl (C=O) groups is 3. The first-order valence-electron chi connectivity index (χ1n) is 12.8. The van der Waals surface area contributed by atoms with Crippen molar-refractivity contribution >= 4 is 46.7 Å². The van der Waals surface area contributed by atoms with Crippen LogP contribution in [0, 0.1) is 29.5 Å². The summed E-state index contributed by atoms with van der Waals surface area (Å²) >= 11 is 6.09. The van der Waals surface area contributed by atoms with Crippen molar-refractivity contribution in [3.05, 3.63) is 87.8 Å². The number of hydrogen-bond donors (Lipinski definition) is 3. The lowest BCUT2D eigenvalue weighted by molar-refractivity contribution is -0.149. The lowest BCUT2D eigenvalue weighted by Crippen LogP contribution is -2.40. The number of amidine groups is 1. The maximum absolute atomic E-state index is 15.1. The third kappa shape index (κ3) is 7.07. The number of likely N-dealkylation sites (tertiary alicyclic amines) is 1. The van der Waals surface area contributed by atoms with Crippen molar-refractivity contribution < 1.29 is 23.5 Å². The van der Waals surface area contributed by atoms with Crippen LogP contribution in [0.5, 0.6) is 0 Å². The van der Waals surface area contributed by atoms with E-state index in [-0.39, 0.29) is 45.4 Å². The highest BCUT2D eigenvalue weighted by atomic mass is 35.5. The number of carbonyl (C=O) groups excluding carboxylic acids is 3. The fraction of sp³-hybridized carbons (Fsp3) is 0.233. The van der Waals surface area contributed by atoms with Crippen molar-refractivity contribution in [2.24, 2.45) is 5.92 Å². The quantitative estimate of drug-likeness (QED) is 0.158. The van der Waals surface area contributed by atoms with Gasteiger partial charge in [-0.1, -0.05) is 23.6 Å². The Balaban J connectivity index is 1.44. The first-order chi connectivity index (χ1) is 19.7. The molecule has 2 heterocycles. The maximum atomic E-state index is 15.1. The number of anilines is 2. The Morgan fingerprint density at radius 1 is 1.10 bits per heavy atom. The number of terminal acetylenes is 1. The first-order valence-corrected chi connectivity index (χ1v) is 13.2. The molecule has 9 nitrogen and oxygen atoms in total. The molecular formula is C30H27ClFN5O4. The third-order valence-electron chi connectivity index (χ3n) is 6.56. The summed E-state index contributed by atoms with van der Waals surface area (Å²) < 4.78 is 20.2. The molecule has 41 heavy (non-hydrogen) atoms. The minimum atomic E-state index is -0.830. The SMILES string of the molecule is C#Cc1ccc(NC(=O)c2cc(Cl)ccc2NC(=O)c2ccc(C(=N)N3CCC(C(=O)OCC)CC3)cc2F)nc1. The van der Waals surface area contributed by atoms with Crippen molar-refractivity contribution in [3.8, 4) is 12.3 Å². The molecule has 0 aliphatic carbocycles. The number of nitrogens with zero attached hydrogens (tertiary/aromatic N) is 2. The van der Waals surface area contributed by atoms with Gasteiger partial charge in [-0.15, -0.1) is 6.42 Å². The normalized spacial score (nSPS) is 13.2. The highest BCUT2D eigenvalue weighted by molar-refractivity contribution is 6.31. The van der Waals surface area contributed by atoms with Crippen LogP contribution in [0.25, 0.3) is 0 Å². The van der Waals surface area contributed by atoms with Gasteiger partial charge in [-0.2, -0.15) is 0 Å². The number of pyridine rings is 1. The Kier molecular flexibility index (Phi) is 9.32. The molecule has 1 aromatic heterocycles. The number of halogens is 2. The molecule has 0 spiro atoms. The van der Waals surface area contributed by atoms with Crippen molar-refractivity contribution in [2.75, 3.05) is 30.3 Å². The Hall–Kier alpha value is -4.75.